The van der Waals surface area contributed by atoms with Gasteiger partial charge in [-0.15, -0.1) is 11.0 Å². The van der Waals surface area contributed by atoms with E-state index in [-0.39, 0.29) is 46.6 Å². The van der Waals surface area contributed by atoms with E-state index in [0.717, 1.165) is 5.56 Å². The molecular weight excluding hydrogens is 284 g/mol. The van der Waals surface area contributed by atoms with Gasteiger partial charge in [-0.1, -0.05) is 0 Å². The summed E-state index contributed by atoms with van der Waals surface area (Å²) in [5, 5.41) is 18.0. The summed E-state index contributed by atoms with van der Waals surface area (Å²) in [6.07, 6.45) is -0.680. The zero-order chi connectivity index (χ0) is 10.1. The molecule has 16 heavy (non-hydrogen) atoms. The molecule has 4 nitrogen and oxygen atoms in total. The molecule has 0 aromatic heterocycles. The quantitative estimate of drug-likeness (QED) is 0.603. The molecule has 6 heteroatoms. The number of aliphatic carboxylic acids is 1. The Kier molecular flexibility index (Phi) is 6.41. The van der Waals surface area contributed by atoms with Crippen LogP contribution in [-0.2, 0) is 42.2 Å². The standard InChI is InChI=1S/C9H8BO4.CH3.Y/c11-9(12)5-8-6-3-1-2-4-7(6)10(13)14-8;;/h1,3-4,8,13H,5H2,(H,11,12);1H3;/q2*-1;/t8-;;/m1../s1. The Morgan fingerprint density at radius 2 is 2.31 bits per heavy atom. The Morgan fingerprint density at radius 1 is 1.62 bits per heavy atom. The van der Waals surface area contributed by atoms with E-state index in [0.29, 0.717) is 5.46 Å². The van der Waals surface area contributed by atoms with Crippen LogP contribution in [0.2, 0.25) is 0 Å². The van der Waals surface area contributed by atoms with Crippen molar-refractivity contribution in [2.75, 3.05) is 0 Å². The van der Waals surface area contributed by atoms with Gasteiger partial charge in [-0.3, -0.25) is 4.79 Å². The van der Waals surface area contributed by atoms with Crippen molar-refractivity contribution >= 4 is 18.6 Å². The Bertz CT molecular complexity index is 372. The minimum absolute atomic E-state index is 0. The van der Waals surface area contributed by atoms with Crippen LogP contribution in [-0.4, -0.2) is 23.2 Å². The van der Waals surface area contributed by atoms with Crippen LogP contribution in [0.1, 0.15) is 18.1 Å². The molecule has 1 atom stereocenters. The van der Waals surface area contributed by atoms with Crippen LogP contribution in [0.4, 0.5) is 0 Å². The van der Waals surface area contributed by atoms with Gasteiger partial charge < -0.3 is 22.2 Å². The molecule has 1 aromatic rings. The molecule has 0 saturated heterocycles. The molecule has 0 unspecified atom stereocenters. The second-order valence-corrected chi connectivity index (χ2v) is 3.13. The fourth-order valence-corrected chi connectivity index (χ4v) is 1.58. The van der Waals surface area contributed by atoms with Crippen molar-refractivity contribution in [2.24, 2.45) is 0 Å². The maximum atomic E-state index is 10.5. The zero-order valence-electron chi connectivity index (χ0n) is 8.88. The first-order valence-corrected chi connectivity index (χ1v) is 4.23. The van der Waals surface area contributed by atoms with Gasteiger partial charge in [0.25, 0.3) is 0 Å². The number of hydrogen-bond donors (Lipinski definition) is 2. The van der Waals surface area contributed by atoms with Crippen molar-refractivity contribution in [2.45, 2.75) is 12.5 Å². The van der Waals surface area contributed by atoms with Crippen LogP contribution in [0, 0.1) is 13.5 Å². The van der Waals surface area contributed by atoms with Crippen LogP contribution in [0.25, 0.3) is 0 Å². The van der Waals surface area contributed by atoms with Crippen LogP contribution < -0.4 is 5.46 Å². The van der Waals surface area contributed by atoms with Gasteiger partial charge in [0.1, 0.15) is 0 Å². The van der Waals surface area contributed by atoms with Crippen molar-refractivity contribution < 1.29 is 52.3 Å². The number of carboxylic acids is 1. The Balaban J connectivity index is 0.00000112. The largest absolute Gasteiger partial charge is 0.481 e. The number of carbonyl (C=O) groups is 1. The first-order valence-electron chi connectivity index (χ1n) is 4.23. The molecule has 0 saturated carbocycles. The molecule has 1 heterocycles. The Hall–Kier alpha value is -0.221. The minimum atomic E-state index is -1.02. The van der Waals surface area contributed by atoms with Gasteiger partial charge in [-0.2, -0.15) is 24.3 Å². The summed E-state index contributed by atoms with van der Waals surface area (Å²) in [6, 6.07) is 7.82. The van der Waals surface area contributed by atoms with Crippen molar-refractivity contribution in [3.8, 4) is 0 Å². The molecule has 0 aliphatic carbocycles. The molecular formula is C10H11BO4Y-2. The number of hydrogen-bond acceptors (Lipinski definition) is 3. The van der Waals surface area contributed by atoms with Crippen molar-refractivity contribution in [3.63, 3.8) is 0 Å². The molecule has 1 aromatic carbocycles. The molecule has 0 fully saturated rings. The van der Waals surface area contributed by atoms with Crippen molar-refractivity contribution in [1.82, 2.24) is 0 Å². The summed E-state index contributed by atoms with van der Waals surface area (Å²) in [4.78, 5) is 10.5. The van der Waals surface area contributed by atoms with E-state index >= 15 is 0 Å². The average Bonchev–Trinajstić information content (AvgIpc) is 2.44. The van der Waals surface area contributed by atoms with Gasteiger partial charge in [0.15, 0.2) is 0 Å². The maximum Gasteiger partial charge on any atom is 0.416 e. The third kappa shape index (κ3) is 3.14. The monoisotopic (exact) mass is 295 g/mol. The molecule has 0 spiro atoms. The summed E-state index contributed by atoms with van der Waals surface area (Å²) in [7, 11) is -1.02. The van der Waals surface area contributed by atoms with E-state index in [9.17, 15) is 9.82 Å². The Labute approximate surface area is 120 Å². The molecule has 0 amide bonds. The number of rotatable bonds is 2. The van der Waals surface area contributed by atoms with Crippen LogP contribution in [0.15, 0.2) is 18.2 Å². The molecule has 2 N–H and O–H groups in total. The summed E-state index contributed by atoms with van der Waals surface area (Å²) in [6.45, 7) is 0. The molecule has 83 valence electrons. The number of fused-ring (bicyclic) bond motifs is 1. The van der Waals surface area contributed by atoms with E-state index in [1.54, 1.807) is 18.2 Å². The topological polar surface area (TPSA) is 66.8 Å². The Morgan fingerprint density at radius 3 is 2.94 bits per heavy atom. The number of carboxylic acid groups (broad SMARTS) is 1. The van der Waals surface area contributed by atoms with Crippen LogP contribution >= 0.6 is 0 Å². The van der Waals surface area contributed by atoms with Crippen LogP contribution in [0.5, 0.6) is 0 Å². The third-order valence-electron chi connectivity index (χ3n) is 2.20. The molecule has 1 aliphatic heterocycles. The maximum absolute atomic E-state index is 10.5. The molecule has 2 rings (SSSR count). The minimum Gasteiger partial charge on any atom is -0.481 e. The second kappa shape index (κ2) is 6.50. The zero-order valence-corrected chi connectivity index (χ0v) is 11.7. The van der Waals surface area contributed by atoms with E-state index in [1.807, 2.05) is 0 Å². The van der Waals surface area contributed by atoms with E-state index in [1.165, 1.54) is 0 Å². The van der Waals surface area contributed by atoms with Gasteiger partial charge in [0, 0.05) is 32.7 Å². The third-order valence-corrected chi connectivity index (χ3v) is 2.20. The first kappa shape index (κ1) is 15.8. The normalized spacial score (nSPS) is 17.1. The van der Waals surface area contributed by atoms with Gasteiger partial charge in [-0.05, 0) is 0 Å². The van der Waals surface area contributed by atoms with E-state index in [4.69, 9.17) is 9.76 Å². The predicted molar refractivity (Wildman–Crippen MR) is 55.4 cm³/mol. The smallest absolute Gasteiger partial charge is 0.416 e. The summed E-state index contributed by atoms with van der Waals surface area (Å²) < 4.78 is 5.10. The summed E-state index contributed by atoms with van der Waals surface area (Å²) in [5.74, 6) is -0.942. The molecule has 1 aliphatic rings. The van der Waals surface area contributed by atoms with Crippen molar-refractivity contribution in [1.29, 1.82) is 0 Å². The van der Waals surface area contributed by atoms with Gasteiger partial charge in [0.2, 0.25) is 0 Å². The first-order chi connectivity index (χ1) is 6.68. The SMILES string of the molecule is O=C(O)C[C@H]1OB(O)c2c[c-]ccc21.[CH3-].[Y]. The summed E-state index contributed by atoms with van der Waals surface area (Å²) in [5.41, 5.74) is 1.34. The second-order valence-electron chi connectivity index (χ2n) is 3.13. The number of benzene rings is 1. The average molecular weight is 295 g/mol. The van der Waals surface area contributed by atoms with E-state index in [2.05, 4.69) is 6.07 Å². The predicted octanol–water partition coefficient (Wildman–Crippen LogP) is 0.168. The fraction of sp³-hybridized carbons (Fsp3) is 0.200. The van der Waals surface area contributed by atoms with E-state index < -0.39 is 19.2 Å². The summed E-state index contributed by atoms with van der Waals surface area (Å²) >= 11 is 0. The fourth-order valence-electron chi connectivity index (χ4n) is 1.58. The molecule has 0 bridgehead atoms. The van der Waals surface area contributed by atoms with Gasteiger partial charge in [-0.25, -0.2) is 0 Å². The van der Waals surface area contributed by atoms with Gasteiger partial charge >= 0.3 is 13.1 Å². The molecule has 1 radical (unpaired) electrons. The van der Waals surface area contributed by atoms with Gasteiger partial charge in [0.05, 0.1) is 12.5 Å². The van der Waals surface area contributed by atoms with Crippen molar-refractivity contribution in [3.05, 3.63) is 37.3 Å². The van der Waals surface area contributed by atoms with Crippen LogP contribution in [0.3, 0.4) is 0 Å².